The summed E-state index contributed by atoms with van der Waals surface area (Å²) in [6.45, 7) is 0.811. The standard InChI is InChI=1S/C13H17NO2/c15-13(16)12-7-6-11(9-14-12)8-10-4-2-1-3-5-10/h1-5,11-12,14H,6-9H2,(H,15,16)/t11-,12-/m0/s1. The van der Waals surface area contributed by atoms with Crippen LogP contribution in [0.3, 0.4) is 0 Å². The number of carbonyl (C=O) groups is 1. The van der Waals surface area contributed by atoms with Crippen molar-refractivity contribution in [2.45, 2.75) is 25.3 Å². The van der Waals surface area contributed by atoms with Crippen LogP contribution in [-0.4, -0.2) is 23.7 Å². The topological polar surface area (TPSA) is 49.3 Å². The monoisotopic (exact) mass is 219 g/mol. The van der Waals surface area contributed by atoms with Crippen molar-refractivity contribution in [2.24, 2.45) is 5.92 Å². The molecule has 1 aliphatic rings. The van der Waals surface area contributed by atoms with Gasteiger partial charge in [0.2, 0.25) is 0 Å². The molecule has 0 spiro atoms. The Morgan fingerprint density at radius 1 is 1.31 bits per heavy atom. The molecule has 1 heterocycles. The fourth-order valence-corrected chi connectivity index (χ4v) is 2.25. The van der Waals surface area contributed by atoms with E-state index in [4.69, 9.17) is 5.11 Å². The number of benzene rings is 1. The number of piperidine rings is 1. The van der Waals surface area contributed by atoms with Gasteiger partial charge in [0.1, 0.15) is 6.04 Å². The highest BCUT2D eigenvalue weighted by atomic mass is 16.4. The third-order valence-corrected chi connectivity index (χ3v) is 3.18. The Labute approximate surface area is 95.5 Å². The molecule has 0 aromatic heterocycles. The van der Waals surface area contributed by atoms with Crippen molar-refractivity contribution in [1.29, 1.82) is 0 Å². The molecule has 3 heteroatoms. The largest absolute Gasteiger partial charge is 0.480 e. The normalized spacial score (nSPS) is 25.2. The van der Waals surface area contributed by atoms with Gasteiger partial charge in [-0.3, -0.25) is 4.79 Å². The number of rotatable bonds is 3. The predicted octanol–water partition coefficient (Wildman–Crippen LogP) is 1.68. The molecule has 0 amide bonds. The van der Waals surface area contributed by atoms with Crippen molar-refractivity contribution in [2.75, 3.05) is 6.54 Å². The van der Waals surface area contributed by atoms with E-state index in [1.807, 2.05) is 18.2 Å². The molecule has 0 aliphatic carbocycles. The lowest BCUT2D eigenvalue weighted by Crippen LogP contribution is -2.44. The SMILES string of the molecule is O=C(O)[C@@H]1CC[C@@H](Cc2ccccc2)CN1. The van der Waals surface area contributed by atoms with Crippen LogP contribution in [0.5, 0.6) is 0 Å². The number of nitrogens with one attached hydrogen (secondary N) is 1. The number of aliphatic carboxylic acids is 1. The minimum Gasteiger partial charge on any atom is -0.480 e. The fourth-order valence-electron chi connectivity index (χ4n) is 2.25. The summed E-state index contributed by atoms with van der Waals surface area (Å²) in [5.41, 5.74) is 1.34. The first-order valence-electron chi connectivity index (χ1n) is 5.76. The van der Waals surface area contributed by atoms with E-state index in [1.54, 1.807) is 0 Å². The molecule has 1 aromatic rings. The Bertz CT molecular complexity index is 342. The van der Waals surface area contributed by atoms with Crippen LogP contribution in [0.2, 0.25) is 0 Å². The zero-order valence-corrected chi connectivity index (χ0v) is 9.23. The van der Waals surface area contributed by atoms with Crippen LogP contribution in [-0.2, 0) is 11.2 Å². The van der Waals surface area contributed by atoms with Crippen LogP contribution in [0.15, 0.2) is 30.3 Å². The summed E-state index contributed by atoms with van der Waals surface area (Å²) in [4.78, 5) is 10.8. The zero-order valence-electron chi connectivity index (χ0n) is 9.23. The quantitative estimate of drug-likeness (QED) is 0.813. The van der Waals surface area contributed by atoms with Crippen molar-refractivity contribution in [3.63, 3.8) is 0 Å². The van der Waals surface area contributed by atoms with Gasteiger partial charge in [0.15, 0.2) is 0 Å². The fraction of sp³-hybridized carbons (Fsp3) is 0.462. The first kappa shape index (κ1) is 11.1. The third-order valence-electron chi connectivity index (χ3n) is 3.18. The van der Waals surface area contributed by atoms with Gasteiger partial charge in [0.25, 0.3) is 0 Å². The summed E-state index contributed by atoms with van der Waals surface area (Å²) < 4.78 is 0. The van der Waals surface area contributed by atoms with Crippen LogP contribution in [0, 0.1) is 5.92 Å². The molecule has 2 atom stereocenters. The number of hydrogen-bond acceptors (Lipinski definition) is 2. The van der Waals surface area contributed by atoms with Crippen LogP contribution in [0.25, 0.3) is 0 Å². The lowest BCUT2D eigenvalue weighted by atomic mass is 9.89. The molecular formula is C13H17NO2. The van der Waals surface area contributed by atoms with Crippen molar-refractivity contribution in [3.05, 3.63) is 35.9 Å². The number of carboxylic acid groups (broad SMARTS) is 1. The highest BCUT2D eigenvalue weighted by molar-refractivity contribution is 5.73. The van der Waals surface area contributed by atoms with Crippen molar-refractivity contribution >= 4 is 5.97 Å². The molecule has 0 unspecified atom stereocenters. The van der Waals surface area contributed by atoms with Crippen LogP contribution in [0.1, 0.15) is 18.4 Å². The summed E-state index contributed by atoms with van der Waals surface area (Å²) in [6.07, 6.45) is 2.78. The average Bonchev–Trinajstić information content (AvgIpc) is 2.31. The second-order valence-corrected chi connectivity index (χ2v) is 4.43. The van der Waals surface area contributed by atoms with E-state index in [0.29, 0.717) is 5.92 Å². The van der Waals surface area contributed by atoms with Gasteiger partial charge in [-0.2, -0.15) is 0 Å². The van der Waals surface area contributed by atoms with Crippen molar-refractivity contribution < 1.29 is 9.90 Å². The molecule has 16 heavy (non-hydrogen) atoms. The second kappa shape index (κ2) is 5.12. The van der Waals surface area contributed by atoms with Gasteiger partial charge in [-0.05, 0) is 37.3 Å². The molecule has 3 nitrogen and oxygen atoms in total. The van der Waals surface area contributed by atoms with E-state index in [0.717, 1.165) is 25.8 Å². The van der Waals surface area contributed by atoms with Crippen LogP contribution >= 0.6 is 0 Å². The van der Waals surface area contributed by atoms with Crippen LogP contribution < -0.4 is 5.32 Å². The molecule has 1 aromatic carbocycles. The van der Waals surface area contributed by atoms with E-state index in [1.165, 1.54) is 5.56 Å². The van der Waals surface area contributed by atoms with Gasteiger partial charge in [-0.15, -0.1) is 0 Å². The summed E-state index contributed by atoms with van der Waals surface area (Å²) in [7, 11) is 0. The molecule has 0 radical (unpaired) electrons. The minimum absolute atomic E-state index is 0.341. The molecule has 0 saturated carbocycles. The highest BCUT2D eigenvalue weighted by Gasteiger charge is 2.24. The van der Waals surface area contributed by atoms with Crippen molar-refractivity contribution in [1.82, 2.24) is 5.32 Å². The molecule has 1 fully saturated rings. The van der Waals surface area contributed by atoms with Gasteiger partial charge in [0.05, 0.1) is 0 Å². The third kappa shape index (κ3) is 2.83. The Kier molecular flexibility index (Phi) is 3.57. The van der Waals surface area contributed by atoms with Gasteiger partial charge >= 0.3 is 5.97 Å². The lowest BCUT2D eigenvalue weighted by molar-refractivity contribution is -0.140. The van der Waals surface area contributed by atoms with E-state index in [-0.39, 0.29) is 6.04 Å². The molecule has 1 saturated heterocycles. The minimum atomic E-state index is -0.724. The summed E-state index contributed by atoms with van der Waals surface area (Å²) in [5, 5.41) is 11.9. The van der Waals surface area contributed by atoms with E-state index in [9.17, 15) is 4.79 Å². The molecule has 2 rings (SSSR count). The summed E-state index contributed by atoms with van der Waals surface area (Å²) in [5.74, 6) is -0.156. The first-order valence-corrected chi connectivity index (χ1v) is 5.76. The predicted molar refractivity (Wildman–Crippen MR) is 62.3 cm³/mol. The molecule has 86 valence electrons. The van der Waals surface area contributed by atoms with Gasteiger partial charge in [-0.25, -0.2) is 0 Å². The first-order chi connectivity index (χ1) is 7.75. The molecular weight excluding hydrogens is 202 g/mol. The Morgan fingerprint density at radius 2 is 2.06 bits per heavy atom. The maximum atomic E-state index is 10.8. The van der Waals surface area contributed by atoms with Crippen molar-refractivity contribution in [3.8, 4) is 0 Å². The van der Waals surface area contributed by atoms with Gasteiger partial charge in [-0.1, -0.05) is 30.3 Å². The Balaban J connectivity index is 1.84. The summed E-state index contributed by atoms with van der Waals surface area (Å²) >= 11 is 0. The summed E-state index contributed by atoms with van der Waals surface area (Å²) in [6, 6.07) is 10.0. The lowest BCUT2D eigenvalue weighted by Gasteiger charge is -2.27. The molecule has 0 bridgehead atoms. The molecule has 1 aliphatic heterocycles. The number of hydrogen-bond donors (Lipinski definition) is 2. The zero-order chi connectivity index (χ0) is 11.4. The molecule has 2 N–H and O–H groups in total. The van der Waals surface area contributed by atoms with Gasteiger partial charge in [0, 0.05) is 0 Å². The average molecular weight is 219 g/mol. The maximum absolute atomic E-state index is 10.8. The van der Waals surface area contributed by atoms with E-state index < -0.39 is 5.97 Å². The number of carboxylic acids is 1. The second-order valence-electron chi connectivity index (χ2n) is 4.43. The van der Waals surface area contributed by atoms with Crippen LogP contribution in [0.4, 0.5) is 0 Å². The Hall–Kier alpha value is -1.35. The smallest absolute Gasteiger partial charge is 0.320 e. The highest BCUT2D eigenvalue weighted by Crippen LogP contribution is 2.19. The maximum Gasteiger partial charge on any atom is 0.320 e. The Morgan fingerprint density at radius 3 is 2.62 bits per heavy atom. The van der Waals surface area contributed by atoms with E-state index in [2.05, 4.69) is 17.4 Å². The van der Waals surface area contributed by atoms with E-state index >= 15 is 0 Å². The van der Waals surface area contributed by atoms with Gasteiger partial charge < -0.3 is 10.4 Å².